The molecule has 0 spiro atoms. The fourth-order valence-corrected chi connectivity index (χ4v) is 3.35. The zero-order valence-corrected chi connectivity index (χ0v) is 14.3. The molecule has 1 atom stereocenters. The minimum absolute atomic E-state index is 0.434. The average Bonchev–Trinajstić information content (AvgIpc) is 3.25. The van der Waals surface area contributed by atoms with Gasteiger partial charge in [-0.2, -0.15) is 0 Å². The van der Waals surface area contributed by atoms with E-state index in [0.29, 0.717) is 6.04 Å². The molecular formula is C18H22N6. The van der Waals surface area contributed by atoms with Gasteiger partial charge in [0.05, 0.1) is 5.39 Å². The van der Waals surface area contributed by atoms with Crippen LogP contribution in [0.1, 0.15) is 17.5 Å². The van der Waals surface area contributed by atoms with Crippen LogP contribution in [0.15, 0.2) is 30.9 Å². The summed E-state index contributed by atoms with van der Waals surface area (Å²) in [5.41, 5.74) is 3.41. The van der Waals surface area contributed by atoms with Crippen molar-refractivity contribution in [2.24, 2.45) is 0 Å². The number of aromatic amines is 1. The topological polar surface area (TPSA) is 60.9 Å². The largest absolute Gasteiger partial charge is 0.355 e. The monoisotopic (exact) mass is 322 g/mol. The SMILES string of the molecule is Cc1cnc(N(C)[C@@H]2CCN(c3ncnc4[nH]ccc34)C2)cc1C. The third-order valence-electron chi connectivity index (χ3n) is 5.06. The summed E-state index contributed by atoms with van der Waals surface area (Å²) < 4.78 is 0. The number of H-pyrrole nitrogens is 1. The Morgan fingerprint density at radius 2 is 2.08 bits per heavy atom. The zero-order valence-electron chi connectivity index (χ0n) is 14.3. The molecule has 1 aliphatic rings. The van der Waals surface area contributed by atoms with Crippen LogP contribution in [0.25, 0.3) is 11.0 Å². The first-order valence-corrected chi connectivity index (χ1v) is 8.32. The Morgan fingerprint density at radius 3 is 2.92 bits per heavy atom. The lowest BCUT2D eigenvalue weighted by atomic mass is 10.1. The average molecular weight is 322 g/mol. The van der Waals surface area contributed by atoms with Crippen LogP contribution >= 0.6 is 0 Å². The lowest BCUT2D eigenvalue weighted by Gasteiger charge is -2.26. The summed E-state index contributed by atoms with van der Waals surface area (Å²) in [6.07, 6.45) is 6.61. The first-order valence-electron chi connectivity index (χ1n) is 8.32. The van der Waals surface area contributed by atoms with Crippen LogP contribution in [0, 0.1) is 13.8 Å². The molecule has 3 aromatic rings. The fraction of sp³-hybridized carbons (Fsp3) is 0.389. The van der Waals surface area contributed by atoms with E-state index in [1.165, 1.54) is 11.1 Å². The van der Waals surface area contributed by atoms with Gasteiger partial charge in [0, 0.05) is 38.6 Å². The van der Waals surface area contributed by atoms with Gasteiger partial charge in [0.1, 0.15) is 23.6 Å². The Kier molecular flexibility index (Phi) is 3.59. The molecule has 0 saturated carbocycles. The number of fused-ring (bicyclic) bond motifs is 1. The molecule has 124 valence electrons. The number of anilines is 2. The van der Waals surface area contributed by atoms with Crippen LogP contribution in [0.3, 0.4) is 0 Å². The van der Waals surface area contributed by atoms with Gasteiger partial charge in [-0.1, -0.05) is 0 Å². The van der Waals surface area contributed by atoms with Crippen molar-refractivity contribution in [3.63, 3.8) is 0 Å². The van der Waals surface area contributed by atoms with Crippen LogP contribution in [0.2, 0.25) is 0 Å². The van der Waals surface area contributed by atoms with Gasteiger partial charge in [0.15, 0.2) is 0 Å². The van der Waals surface area contributed by atoms with Gasteiger partial charge >= 0.3 is 0 Å². The molecule has 4 rings (SSSR count). The van der Waals surface area contributed by atoms with Crippen LogP contribution in [-0.4, -0.2) is 46.1 Å². The molecule has 3 aromatic heterocycles. The molecule has 1 fully saturated rings. The van der Waals surface area contributed by atoms with Crippen LogP contribution in [0.4, 0.5) is 11.6 Å². The van der Waals surface area contributed by atoms with Gasteiger partial charge in [-0.25, -0.2) is 15.0 Å². The third kappa shape index (κ3) is 2.48. The number of likely N-dealkylation sites (N-methyl/N-ethyl adjacent to an activating group) is 1. The molecule has 24 heavy (non-hydrogen) atoms. The van der Waals surface area contributed by atoms with E-state index < -0.39 is 0 Å². The van der Waals surface area contributed by atoms with E-state index in [2.05, 4.69) is 56.7 Å². The number of aromatic nitrogens is 4. The lowest BCUT2D eigenvalue weighted by molar-refractivity contribution is 0.683. The number of nitrogens with one attached hydrogen (secondary N) is 1. The highest BCUT2D eigenvalue weighted by Crippen LogP contribution is 2.28. The van der Waals surface area contributed by atoms with Gasteiger partial charge in [0.2, 0.25) is 0 Å². The minimum Gasteiger partial charge on any atom is -0.355 e. The van der Waals surface area contributed by atoms with E-state index in [-0.39, 0.29) is 0 Å². The summed E-state index contributed by atoms with van der Waals surface area (Å²) >= 11 is 0. The predicted octanol–water partition coefficient (Wildman–Crippen LogP) is 2.68. The van der Waals surface area contributed by atoms with Crippen molar-refractivity contribution in [2.75, 3.05) is 29.9 Å². The smallest absolute Gasteiger partial charge is 0.142 e. The van der Waals surface area contributed by atoms with Crippen molar-refractivity contribution < 1.29 is 0 Å². The molecular weight excluding hydrogens is 300 g/mol. The molecule has 1 saturated heterocycles. The lowest BCUT2D eigenvalue weighted by Crippen LogP contribution is -2.35. The van der Waals surface area contributed by atoms with Crippen molar-refractivity contribution in [1.29, 1.82) is 0 Å². The predicted molar refractivity (Wildman–Crippen MR) is 96.6 cm³/mol. The van der Waals surface area contributed by atoms with Crippen molar-refractivity contribution in [1.82, 2.24) is 19.9 Å². The zero-order chi connectivity index (χ0) is 16.7. The molecule has 0 aromatic carbocycles. The Hall–Kier alpha value is -2.63. The van der Waals surface area contributed by atoms with Gasteiger partial charge in [-0.3, -0.25) is 0 Å². The standard InChI is InChI=1S/C18H22N6/c1-12-8-16(20-9-13(12)2)23(3)14-5-7-24(10-14)18-15-4-6-19-17(15)21-11-22-18/h4,6,8-9,11,14H,5,7,10H2,1-3H3,(H,19,21,22)/t14-/m1/s1. The first-order chi connectivity index (χ1) is 11.6. The van der Waals surface area contributed by atoms with E-state index in [1.54, 1.807) is 6.33 Å². The summed E-state index contributed by atoms with van der Waals surface area (Å²) in [5.74, 6) is 2.06. The maximum Gasteiger partial charge on any atom is 0.142 e. The molecule has 0 bridgehead atoms. The second-order valence-corrected chi connectivity index (χ2v) is 6.56. The van der Waals surface area contributed by atoms with Crippen molar-refractivity contribution in [2.45, 2.75) is 26.3 Å². The summed E-state index contributed by atoms with van der Waals surface area (Å²) in [5, 5.41) is 1.09. The van der Waals surface area contributed by atoms with Gasteiger partial charge in [-0.05, 0) is 43.5 Å². The second-order valence-electron chi connectivity index (χ2n) is 6.56. The quantitative estimate of drug-likeness (QED) is 0.803. The van der Waals surface area contributed by atoms with Crippen LogP contribution < -0.4 is 9.80 Å². The maximum atomic E-state index is 4.60. The van der Waals surface area contributed by atoms with Crippen LogP contribution in [-0.2, 0) is 0 Å². The van der Waals surface area contributed by atoms with Gasteiger partial charge in [-0.15, -0.1) is 0 Å². The molecule has 4 heterocycles. The molecule has 1 N–H and O–H groups in total. The number of hydrogen-bond acceptors (Lipinski definition) is 5. The second kappa shape index (κ2) is 5.78. The molecule has 6 nitrogen and oxygen atoms in total. The molecule has 0 radical (unpaired) electrons. The highest BCUT2D eigenvalue weighted by molar-refractivity contribution is 5.87. The molecule has 6 heteroatoms. The molecule has 0 unspecified atom stereocenters. The number of hydrogen-bond donors (Lipinski definition) is 1. The Labute approximate surface area is 141 Å². The number of nitrogens with zero attached hydrogens (tertiary/aromatic N) is 5. The van der Waals surface area contributed by atoms with Gasteiger partial charge in [0.25, 0.3) is 0 Å². The summed E-state index contributed by atoms with van der Waals surface area (Å²) in [7, 11) is 2.14. The third-order valence-corrected chi connectivity index (χ3v) is 5.06. The van der Waals surface area contributed by atoms with E-state index in [1.807, 2.05) is 18.5 Å². The van der Waals surface area contributed by atoms with E-state index in [9.17, 15) is 0 Å². The molecule has 1 aliphatic heterocycles. The summed E-state index contributed by atoms with van der Waals surface area (Å²) in [4.78, 5) is 21.2. The highest BCUT2D eigenvalue weighted by atomic mass is 15.3. The van der Waals surface area contributed by atoms with E-state index >= 15 is 0 Å². The van der Waals surface area contributed by atoms with Crippen LogP contribution in [0.5, 0.6) is 0 Å². The fourth-order valence-electron chi connectivity index (χ4n) is 3.35. The Bertz CT molecular complexity index is 871. The first kappa shape index (κ1) is 14.9. The molecule has 0 amide bonds. The number of rotatable bonds is 3. The number of pyridine rings is 1. The highest BCUT2D eigenvalue weighted by Gasteiger charge is 2.28. The van der Waals surface area contributed by atoms with Gasteiger partial charge < -0.3 is 14.8 Å². The Morgan fingerprint density at radius 1 is 1.21 bits per heavy atom. The minimum atomic E-state index is 0.434. The van der Waals surface area contributed by atoms with Crippen molar-refractivity contribution in [3.05, 3.63) is 42.0 Å². The Balaban J connectivity index is 1.55. The van der Waals surface area contributed by atoms with Crippen molar-refractivity contribution in [3.8, 4) is 0 Å². The van der Waals surface area contributed by atoms with E-state index in [0.717, 1.165) is 42.2 Å². The normalized spacial score (nSPS) is 17.6. The van der Waals surface area contributed by atoms with Crippen molar-refractivity contribution >= 4 is 22.7 Å². The number of aryl methyl sites for hydroxylation is 2. The molecule has 0 aliphatic carbocycles. The van der Waals surface area contributed by atoms with E-state index in [4.69, 9.17) is 0 Å². The maximum absolute atomic E-state index is 4.60. The summed E-state index contributed by atoms with van der Waals surface area (Å²) in [6, 6.07) is 4.66. The summed E-state index contributed by atoms with van der Waals surface area (Å²) in [6.45, 7) is 6.18.